The third-order valence-corrected chi connectivity index (χ3v) is 2.47. The van der Waals surface area contributed by atoms with Crippen molar-refractivity contribution in [1.82, 2.24) is 14.9 Å². The number of benzene rings is 1. The number of aromatic nitrogens is 2. The molecule has 0 bridgehead atoms. The fourth-order valence-electron chi connectivity index (χ4n) is 1.64. The quantitative estimate of drug-likeness (QED) is 0.847. The molecule has 2 rings (SSSR count). The predicted molar refractivity (Wildman–Crippen MR) is 59.4 cm³/mol. The Hall–Kier alpha value is -1.53. The number of aliphatic hydroxyl groups is 1. The normalized spacial score (nSPS) is 11.6. The van der Waals surface area contributed by atoms with Crippen LogP contribution in [0.4, 0.5) is 8.78 Å². The van der Waals surface area contributed by atoms with Gasteiger partial charge < -0.3 is 10.1 Å². The van der Waals surface area contributed by atoms with Gasteiger partial charge in [-0.05, 0) is 7.05 Å². The Balaban J connectivity index is 2.25. The number of fused-ring (bicyclic) bond motifs is 1. The first kappa shape index (κ1) is 11.9. The van der Waals surface area contributed by atoms with Crippen molar-refractivity contribution in [2.45, 2.75) is 6.54 Å². The number of nitrogens with zero attached hydrogens (tertiary/aromatic N) is 2. The van der Waals surface area contributed by atoms with Crippen molar-refractivity contribution in [1.29, 1.82) is 0 Å². The number of halogens is 2. The highest BCUT2D eigenvalue weighted by atomic mass is 19.2. The number of H-pyrrole nitrogens is 1. The standard InChI is InChI=1S/C11H13F2N3O/c1-16(2-3-17)6-11-14-9-4-7(12)8(13)5-10(9)15-11/h4-5,17H,2-3,6H2,1H3,(H,14,15). The summed E-state index contributed by atoms with van der Waals surface area (Å²) < 4.78 is 25.9. The van der Waals surface area contributed by atoms with Gasteiger partial charge in [0, 0.05) is 18.7 Å². The predicted octanol–water partition coefficient (Wildman–Crippen LogP) is 1.27. The molecule has 6 heteroatoms. The first-order valence-corrected chi connectivity index (χ1v) is 5.23. The molecule has 0 unspecified atom stereocenters. The van der Waals surface area contributed by atoms with Gasteiger partial charge in [0.05, 0.1) is 24.2 Å². The highest BCUT2D eigenvalue weighted by Crippen LogP contribution is 2.16. The summed E-state index contributed by atoms with van der Waals surface area (Å²) >= 11 is 0. The summed E-state index contributed by atoms with van der Waals surface area (Å²) in [5.74, 6) is -1.18. The molecular weight excluding hydrogens is 228 g/mol. The van der Waals surface area contributed by atoms with Crippen LogP contribution in [0, 0.1) is 11.6 Å². The summed E-state index contributed by atoms with van der Waals surface area (Å²) in [4.78, 5) is 8.91. The molecule has 0 saturated carbocycles. The molecule has 1 aromatic carbocycles. The number of hydrogen-bond donors (Lipinski definition) is 2. The third-order valence-electron chi connectivity index (χ3n) is 2.47. The smallest absolute Gasteiger partial charge is 0.161 e. The Morgan fingerprint density at radius 1 is 1.35 bits per heavy atom. The molecule has 2 aromatic rings. The Bertz CT molecular complexity index is 488. The van der Waals surface area contributed by atoms with Gasteiger partial charge >= 0.3 is 0 Å². The van der Waals surface area contributed by atoms with Gasteiger partial charge in [-0.3, -0.25) is 4.90 Å². The average molecular weight is 241 g/mol. The number of imidazole rings is 1. The zero-order valence-corrected chi connectivity index (χ0v) is 9.37. The second-order valence-electron chi connectivity index (χ2n) is 3.93. The van der Waals surface area contributed by atoms with Crippen molar-refractivity contribution in [3.63, 3.8) is 0 Å². The van der Waals surface area contributed by atoms with Crippen LogP contribution in [0.1, 0.15) is 5.82 Å². The van der Waals surface area contributed by atoms with E-state index in [9.17, 15) is 8.78 Å². The molecule has 0 fully saturated rings. The summed E-state index contributed by atoms with van der Waals surface area (Å²) in [6, 6.07) is 2.16. The third kappa shape index (κ3) is 2.59. The molecule has 0 radical (unpaired) electrons. The van der Waals surface area contributed by atoms with E-state index in [1.807, 2.05) is 11.9 Å². The maximum atomic E-state index is 13.0. The van der Waals surface area contributed by atoms with Crippen LogP contribution >= 0.6 is 0 Å². The van der Waals surface area contributed by atoms with Crippen LogP contribution in [0.3, 0.4) is 0 Å². The summed E-state index contributed by atoms with van der Waals surface area (Å²) in [5.41, 5.74) is 0.868. The van der Waals surface area contributed by atoms with Crippen molar-refractivity contribution in [3.8, 4) is 0 Å². The molecule has 0 aliphatic carbocycles. The molecular formula is C11H13F2N3O. The van der Waals surface area contributed by atoms with E-state index < -0.39 is 11.6 Å². The SMILES string of the molecule is CN(CCO)Cc1nc2cc(F)c(F)cc2[nH]1. The number of aromatic amines is 1. The number of aliphatic hydroxyl groups excluding tert-OH is 1. The Morgan fingerprint density at radius 3 is 2.76 bits per heavy atom. The number of rotatable bonds is 4. The molecule has 0 spiro atoms. The number of likely N-dealkylation sites (N-methyl/N-ethyl adjacent to an activating group) is 1. The van der Waals surface area contributed by atoms with Gasteiger partial charge in [0.1, 0.15) is 5.82 Å². The fourth-order valence-corrected chi connectivity index (χ4v) is 1.64. The molecule has 1 heterocycles. The van der Waals surface area contributed by atoms with Crippen LogP contribution in [-0.4, -0.2) is 40.2 Å². The van der Waals surface area contributed by atoms with Crippen molar-refractivity contribution in [3.05, 3.63) is 29.6 Å². The number of nitrogens with one attached hydrogen (secondary N) is 1. The van der Waals surface area contributed by atoms with Crippen LogP contribution in [0.2, 0.25) is 0 Å². The molecule has 0 amide bonds. The Morgan fingerprint density at radius 2 is 2.06 bits per heavy atom. The summed E-state index contributed by atoms with van der Waals surface area (Å²) in [7, 11) is 1.82. The van der Waals surface area contributed by atoms with Crippen molar-refractivity contribution in [2.75, 3.05) is 20.2 Å². The molecule has 2 N–H and O–H groups in total. The van der Waals surface area contributed by atoms with Gasteiger partial charge in [0.2, 0.25) is 0 Å². The highest BCUT2D eigenvalue weighted by molar-refractivity contribution is 5.75. The van der Waals surface area contributed by atoms with Crippen molar-refractivity contribution in [2.24, 2.45) is 0 Å². The van der Waals surface area contributed by atoms with E-state index in [-0.39, 0.29) is 6.61 Å². The van der Waals surface area contributed by atoms with E-state index in [0.29, 0.717) is 29.9 Å². The van der Waals surface area contributed by atoms with Crippen LogP contribution in [-0.2, 0) is 6.54 Å². The van der Waals surface area contributed by atoms with Crippen LogP contribution in [0.15, 0.2) is 12.1 Å². The summed E-state index contributed by atoms with van der Waals surface area (Å²) in [6.45, 7) is 1.05. The molecule has 4 nitrogen and oxygen atoms in total. The molecule has 0 aliphatic heterocycles. The lowest BCUT2D eigenvalue weighted by molar-refractivity contribution is 0.215. The lowest BCUT2D eigenvalue weighted by Gasteiger charge is -2.12. The summed E-state index contributed by atoms with van der Waals surface area (Å²) in [5, 5.41) is 8.76. The largest absolute Gasteiger partial charge is 0.395 e. The monoisotopic (exact) mass is 241 g/mol. The minimum Gasteiger partial charge on any atom is -0.395 e. The first-order chi connectivity index (χ1) is 8.10. The zero-order valence-electron chi connectivity index (χ0n) is 9.37. The number of hydrogen-bond acceptors (Lipinski definition) is 3. The minimum absolute atomic E-state index is 0.0555. The maximum absolute atomic E-state index is 13.0. The molecule has 92 valence electrons. The van der Waals surface area contributed by atoms with Crippen molar-refractivity contribution >= 4 is 11.0 Å². The van der Waals surface area contributed by atoms with Gasteiger partial charge in [-0.2, -0.15) is 0 Å². The lowest BCUT2D eigenvalue weighted by atomic mass is 10.3. The lowest BCUT2D eigenvalue weighted by Crippen LogP contribution is -2.22. The first-order valence-electron chi connectivity index (χ1n) is 5.23. The Labute approximate surface area is 96.9 Å². The van der Waals surface area contributed by atoms with E-state index in [4.69, 9.17) is 5.11 Å². The minimum atomic E-state index is -0.903. The van der Waals surface area contributed by atoms with Gasteiger partial charge in [0.15, 0.2) is 11.6 Å². The average Bonchev–Trinajstić information content (AvgIpc) is 2.60. The van der Waals surface area contributed by atoms with E-state index in [2.05, 4.69) is 9.97 Å². The van der Waals surface area contributed by atoms with E-state index in [1.54, 1.807) is 0 Å². The van der Waals surface area contributed by atoms with Crippen LogP contribution in [0.5, 0.6) is 0 Å². The van der Waals surface area contributed by atoms with Gasteiger partial charge in [-0.1, -0.05) is 0 Å². The fraction of sp³-hybridized carbons (Fsp3) is 0.364. The second kappa shape index (κ2) is 4.77. The van der Waals surface area contributed by atoms with Gasteiger partial charge in [0.25, 0.3) is 0 Å². The summed E-state index contributed by atoms with van der Waals surface area (Å²) in [6.07, 6.45) is 0. The second-order valence-corrected chi connectivity index (χ2v) is 3.93. The van der Waals surface area contributed by atoms with E-state index in [1.165, 1.54) is 0 Å². The molecule has 1 aromatic heterocycles. The van der Waals surface area contributed by atoms with Gasteiger partial charge in [-0.15, -0.1) is 0 Å². The topological polar surface area (TPSA) is 52.1 Å². The van der Waals surface area contributed by atoms with Gasteiger partial charge in [-0.25, -0.2) is 13.8 Å². The van der Waals surface area contributed by atoms with Crippen LogP contribution < -0.4 is 0 Å². The van der Waals surface area contributed by atoms with Crippen LogP contribution in [0.25, 0.3) is 11.0 Å². The highest BCUT2D eigenvalue weighted by Gasteiger charge is 2.09. The maximum Gasteiger partial charge on any atom is 0.161 e. The Kier molecular flexibility index (Phi) is 3.35. The molecule has 17 heavy (non-hydrogen) atoms. The molecule has 0 saturated heterocycles. The molecule has 0 atom stereocenters. The van der Waals surface area contributed by atoms with E-state index in [0.717, 1.165) is 12.1 Å². The van der Waals surface area contributed by atoms with E-state index >= 15 is 0 Å². The molecule has 0 aliphatic rings. The zero-order chi connectivity index (χ0) is 12.4. The van der Waals surface area contributed by atoms with Crippen molar-refractivity contribution < 1.29 is 13.9 Å².